The van der Waals surface area contributed by atoms with Gasteiger partial charge in [-0.1, -0.05) is 11.6 Å². The number of carbonyl (C=O) groups is 2. The molecule has 1 saturated heterocycles. The van der Waals surface area contributed by atoms with E-state index in [0.29, 0.717) is 22.4 Å². The van der Waals surface area contributed by atoms with Crippen LogP contribution in [-0.4, -0.2) is 41.3 Å². The number of carbonyl (C=O) groups excluding carboxylic acids is 2. The molecular weight excluding hydrogens is 354 g/mol. The molecule has 6 nitrogen and oxygen atoms in total. The maximum Gasteiger partial charge on any atom is 0.241 e. The molecule has 1 N–H and O–H groups in total. The van der Waals surface area contributed by atoms with Gasteiger partial charge in [-0.25, -0.2) is 4.98 Å². The molecule has 3 rings (SSSR count). The third kappa shape index (κ3) is 4.64. The Morgan fingerprint density at radius 2 is 1.88 bits per heavy atom. The molecule has 2 heterocycles. The molecule has 1 aliphatic heterocycles. The highest BCUT2D eigenvalue weighted by molar-refractivity contribution is 6.30. The quantitative estimate of drug-likeness (QED) is 0.871. The fraction of sp³-hybridized carbons (Fsp3) is 0.421. The van der Waals surface area contributed by atoms with Gasteiger partial charge < -0.3 is 14.6 Å². The van der Waals surface area contributed by atoms with Gasteiger partial charge in [-0.3, -0.25) is 9.59 Å². The van der Waals surface area contributed by atoms with Crippen molar-refractivity contribution in [1.82, 2.24) is 15.2 Å². The summed E-state index contributed by atoms with van der Waals surface area (Å²) in [7, 11) is 0. The van der Waals surface area contributed by atoms with Crippen LogP contribution in [0.3, 0.4) is 0 Å². The Balaban J connectivity index is 1.55. The molecule has 0 saturated carbocycles. The van der Waals surface area contributed by atoms with Crippen LogP contribution in [0.25, 0.3) is 11.5 Å². The van der Waals surface area contributed by atoms with Gasteiger partial charge in [-0.15, -0.1) is 0 Å². The summed E-state index contributed by atoms with van der Waals surface area (Å²) in [6.45, 7) is 3.36. The second-order valence-electron chi connectivity index (χ2n) is 6.42. The number of piperidine rings is 1. The first-order chi connectivity index (χ1) is 12.5. The van der Waals surface area contributed by atoms with E-state index in [2.05, 4.69) is 10.3 Å². The number of aryl methyl sites for hydroxylation is 1. The minimum absolute atomic E-state index is 0.0276. The topological polar surface area (TPSA) is 75.4 Å². The zero-order valence-electron chi connectivity index (χ0n) is 14.8. The van der Waals surface area contributed by atoms with Gasteiger partial charge in [-0.05, 0) is 50.5 Å². The van der Waals surface area contributed by atoms with E-state index < -0.39 is 0 Å². The first kappa shape index (κ1) is 18.5. The first-order valence-electron chi connectivity index (χ1n) is 8.79. The second-order valence-corrected chi connectivity index (χ2v) is 6.86. The van der Waals surface area contributed by atoms with Gasteiger partial charge in [0.25, 0.3) is 0 Å². The van der Waals surface area contributed by atoms with E-state index in [1.807, 2.05) is 17.0 Å². The molecule has 138 valence electrons. The van der Waals surface area contributed by atoms with Crippen LogP contribution in [0.2, 0.25) is 5.02 Å². The molecular formula is C19H22ClN3O3. The third-order valence-electron chi connectivity index (χ3n) is 4.46. The van der Waals surface area contributed by atoms with Crippen molar-refractivity contribution in [3.05, 3.63) is 40.7 Å². The maximum absolute atomic E-state index is 12.2. The molecule has 0 bridgehead atoms. The van der Waals surface area contributed by atoms with Crippen molar-refractivity contribution in [2.45, 2.75) is 32.6 Å². The van der Waals surface area contributed by atoms with Crippen LogP contribution in [-0.2, 0) is 16.0 Å². The number of likely N-dealkylation sites (tertiary alicyclic amines) is 1. The van der Waals surface area contributed by atoms with E-state index in [4.69, 9.17) is 16.0 Å². The Bertz CT molecular complexity index is 780. The van der Waals surface area contributed by atoms with Crippen molar-refractivity contribution in [1.29, 1.82) is 0 Å². The molecule has 0 spiro atoms. The van der Waals surface area contributed by atoms with E-state index in [1.165, 1.54) is 0 Å². The van der Waals surface area contributed by atoms with Crippen molar-refractivity contribution in [3.8, 4) is 11.5 Å². The Labute approximate surface area is 157 Å². The molecule has 0 unspecified atom stereocenters. The average Bonchev–Trinajstić information content (AvgIpc) is 3.01. The Morgan fingerprint density at radius 1 is 1.19 bits per heavy atom. The molecule has 7 heteroatoms. The number of halogens is 1. The van der Waals surface area contributed by atoms with E-state index in [0.717, 1.165) is 37.9 Å². The summed E-state index contributed by atoms with van der Waals surface area (Å²) in [4.78, 5) is 30.5. The summed E-state index contributed by atoms with van der Waals surface area (Å²) in [6, 6.07) is 7.15. The van der Waals surface area contributed by atoms with Crippen molar-refractivity contribution in [2.75, 3.05) is 19.6 Å². The highest BCUT2D eigenvalue weighted by Crippen LogP contribution is 2.23. The Kier molecular flexibility index (Phi) is 5.93. The van der Waals surface area contributed by atoms with Gasteiger partial charge in [0.15, 0.2) is 0 Å². The van der Waals surface area contributed by atoms with Gasteiger partial charge >= 0.3 is 0 Å². The van der Waals surface area contributed by atoms with Crippen molar-refractivity contribution in [3.63, 3.8) is 0 Å². The zero-order chi connectivity index (χ0) is 18.5. The number of amides is 2. The molecule has 26 heavy (non-hydrogen) atoms. The minimum Gasteiger partial charge on any atom is -0.441 e. The van der Waals surface area contributed by atoms with Crippen LogP contribution in [0.5, 0.6) is 0 Å². The Morgan fingerprint density at radius 3 is 2.58 bits per heavy atom. The van der Waals surface area contributed by atoms with Crippen molar-refractivity contribution >= 4 is 23.4 Å². The summed E-state index contributed by atoms with van der Waals surface area (Å²) in [5, 5.41) is 3.32. The summed E-state index contributed by atoms with van der Waals surface area (Å²) in [6.07, 6.45) is 3.31. The van der Waals surface area contributed by atoms with Crippen LogP contribution in [0, 0.1) is 6.92 Å². The zero-order valence-corrected chi connectivity index (χ0v) is 15.5. The lowest BCUT2D eigenvalue weighted by Crippen LogP contribution is -2.42. The molecule has 0 radical (unpaired) electrons. The number of nitrogens with one attached hydrogen (secondary N) is 1. The monoisotopic (exact) mass is 375 g/mol. The molecule has 1 fully saturated rings. The van der Waals surface area contributed by atoms with Crippen molar-refractivity contribution < 1.29 is 14.0 Å². The fourth-order valence-corrected chi connectivity index (χ4v) is 3.08. The lowest BCUT2D eigenvalue weighted by Gasteiger charge is -2.26. The van der Waals surface area contributed by atoms with E-state index in [9.17, 15) is 9.59 Å². The number of aromatic nitrogens is 1. The summed E-state index contributed by atoms with van der Waals surface area (Å²) >= 11 is 5.89. The van der Waals surface area contributed by atoms with Crippen LogP contribution >= 0.6 is 11.6 Å². The summed E-state index contributed by atoms with van der Waals surface area (Å²) in [5.74, 6) is 0.769. The molecule has 1 aliphatic rings. The Hall–Kier alpha value is -2.34. The van der Waals surface area contributed by atoms with Gasteiger partial charge in [0.2, 0.25) is 17.7 Å². The fourth-order valence-electron chi connectivity index (χ4n) is 2.95. The molecule has 1 aromatic carbocycles. The average molecular weight is 376 g/mol. The molecule has 0 atom stereocenters. The lowest BCUT2D eigenvalue weighted by molar-refractivity contribution is -0.133. The van der Waals surface area contributed by atoms with Crippen molar-refractivity contribution in [2.24, 2.45) is 0 Å². The number of rotatable bonds is 5. The van der Waals surface area contributed by atoms with E-state index in [1.54, 1.807) is 19.1 Å². The van der Waals surface area contributed by atoms with E-state index in [-0.39, 0.29) is 24.8 Å². The second kappa shape index (κ2) is 8.36. The maximum atomic E-state index is 12.2. The van der Waals surface area contributed by atoms with E-state index >= 15 is 0 Å². The summed E-state index contributed by atoms with van der Waals surface area (Å²) < 4.78 is 5.65. The van der Waals surface area contributed by atoms with Gasteiger partial charge in [0.1, 0.15) is 5.76 Å². The van der Waals surface area contributed by atoms with Crippen LogP contribution in [0.1, 0.15) is 30.7 Å². The number of nitrogens with zero attached hydrogens (tertiary/aromatic N) is 2. The van der Waals surface area contributed by atoms with Crippen LogP contribution < -0.4 is 5.32 Å². The largest absolute Gasteiger partial charge is 0.441 e. The van der Waals surface area contributed by atoms with Gasteiger partial charge in [0.05, 0.1) is 18.7 Å². The van der Waals surface area contributed by atoms with Gasteiger partial charge in [-0.2, -0.15) is 0 Å². The molecule has 0 aliphatic carbocycles. The van der Waals surface area contributed by atoms with Crippen LogP contribution in [0.15, 0.2) is 28.7 Å². The smallest absolute Gasteiger partial charge is 0.241 e. The number of hydrogen-bond donors (Lipinski definition) is 1. The molecule has 2 aromatic rings. The predicted molar refractivity (Wildman–Crippen MR) is 98.8 cm³/mol. The van der Waals surface area contributed by atoms with Crippen LogP contribution in [0.4, 0.5) is 0 Å². The highest BCUT2D eigenvalue weighted by Gasteiger charge is 2.18. The summed E-state index contributed by atoms with van der Waals surface area (Å²) in [5.41, 5.74) is 1.36. The SMILES string of the molecule is Cc1oc(-c2ccc(Cl)cc2)nc1CC(=O)NCC(=O)N1CCCCC1. The molecule has 2 amide bonds. The lowest BCUT2D eigenvalue weighted by atomic mass is 10.1. The number of benzene rings is 1. The highest BCUT2D eigenvalue weighted by atomic mass is 35.5. The predicted octanol–water partition coefficient (Wildman–Crippen LogP) is 2.97. The first-order valence-corrected chi connectivity index (χ1v) is 9.17. The third-order valence-corrected chi connectivity index (χ3v) is 4.71. The standard InChI is InChI=1S/C19H22ClN3O3/c1-13-16(22-19(26-13)14-5-7-15(20)8-6-14)11-17(24)21-12-18(25)23-9-3-2-4-10-23/h5-8H,2-4,9-12H2,1H3,(H,21,24). The minimum atomic E-state index is -0.241. The number of hydrogen-bond acceptors (Lipinski definition) is 4. The normalized spacial score (nSPS) is 14.3. The number of oxazole rings is 1. The molecule has 1 aromatic heterocycles. The van der Waals surface area contributed by atoms with Gasteiger partial charge in [0, 0.05) is 23.7 Å².